The molecule has 0 radical (unpaired) electrons. The summed E-state index contributed by atoms with van der Waals surface area (Å²) in [5.41, 5.74) is 9.11. The van der Waals surface area contributed by atoms with E-state index >= 15 is 0 Å². The summed E-state index contributed by atoms with van der Waals surface area (Å²) >= 11 is 3.62. The van der Waals surface area contributed by atoms with Crippen molar-refractivity contribution < 1.29 is 0 Å². The smallest absolute Gasteiger partial charge is 0.0739 e. The molecule has 0 amide bonds. The molecule has 18 heavy (non-hydrogen) atoms. The van der Waals surface area contributed by atoms with Crippen molar-refractivity contribution in [2.24, 2.45) is 5.73 Å². The number of hydrogen-bond donors (Lipinski definition) is 1. The van der Waals surface area contributed by atoms with Crippen LogP contribution in [0.3, 0.4) is 0 Å². The van der Waals surface area contributed by atoms with Crippen LogP contribution in [0.25, 0.3) is 0 Å². The van der Waals surface area contributed by atoms with Gasteiger partial charge in [0.2, 0.25) is 0 Å². The number of rotatable bonds is 5. The highest BCUT2D eigenvalue weighted by Crippen LogP contribution is 2.22. The number of nitrogens with two attached hydrogens (primary N) is 1. The number of hydrogen-bond acceptors (Lipinski definition) is 2. The van der Waals surface area contributed by atoms with Crippen molar-refractivity contribution in [2.75, 3.05) is 6.54 Å². The van der Waals surface area contributed by atoms with E-state index in [-0.39, 0.29) is 0 Å². The van der Waals surface area contributed by atoms with Crippen LogP contribution in [0.15, 0.2) is 22.9 Å². The van der Waals surface area contributed by atoms with Gasteiger partial charge in [0, 0.05) is 18.9 Å². The Kier molecular flexibility index (Phi) is 4.24. The van der Waals surface area contributed by atoms with Crippen molar-refractivity contribution in [3.05, 3.63) is 39.9 Å². The van der Waals surface area contributed by atoms with Crippen molar-refractivity contribution >= 4 is 15.9 Å². The van der Waals surface area contributed by atoms with Gasteiger partial charge in [-0.25, -0.2) is 0 Å². The van der Waals surface area contributed by atoms with Crippen LogP contribution in [-0.4, -0.2) is 20.9 Å². The van der Waals surface area contributed by atoms with Gasteiger partial charge in [0.05, 0.1) is 22.4 Å². The maximum atomic E-state index is 5.56. The molecule has 0 unspecified atom stereocenters. The maximum Gasteiger partial charge on any atom is 0.0739 e. The maximum absolute atomic E-state index is 5.56. The van der Waals surface area contributed by atoms with E-state index in [0.29, 0.717) is 6.54 Å². The quantitative estimate of drug-likeness (QED) is 0.921. The van der Waals surface area contributed by atoms with Gasteiger partial charge in [-0.15, -0.1) is 0 Å². The lowest BCUT2D eigenvalue weighted by Gasteiger charge is -2.06. The predicted octanol–water partition coefficient (Wildman–Crippen LogP) is 2.32. The Morgan fingerprint density at radius 3 is 2.89 bits per heavy atom. The average molecular weight is 311 g/mol. The van der Waals surface area contributed by atoms with E-state index in [4.69, 9.17) is 5.73 Å². The number of aryl methyl sites for hydroxylation is 2. The first-order valence-corrected chi connectivity index (χ1v) is 7.01. The second-order valence-electron chi connectivity index (χ2n) is 4.39. The molecule has 0 fully saturated rings. The zero-order chi connectivity index (χ0) is 13.1. The first-order valence-electron chi connectivity index (χ1n) is 6.22. The molecule has 2 aromatic rings. The standard InChI is InChI=1S/C13H19BrN4/c1-3-18-12(13(14)10(2)16-18)9-17-7-5-11(8-17)4-6-15/h5,7-8H,3-4,6,9,15H2,1-2H3. The molecular weight excluding hydrogens is 292 g/mol. The summed E-state index contributed by atoms with van der Waals surface area (Å²) in [6, 6.07) is 2.13. The van der Waals surface area contributed by atoms with Crippen LogP contribution in [0.2, 0.25) is 0 Å². The molecule has 4 nitrogen and oxygen atoms in total. The molecule has 2 heterocycles. The van der Waals surface area contributed by atoms with E-state index in [1.807, 2.05) is 11.6 Å². The van der Waals surface area contributed by atoms with Gasteiger partial charge < -0.3 is 10.3 Å². The van der Waals surface area contributed by atoms with Crippen LogP contribution < -0.4 is 5.73 Å². The van der Waals surface area contributed by atoms with Crippen molar-refractivity contribution in [1.82, 2.24) is 14.3 Å². The van der Waals surface area contributed by atoms with E-state index in [9.17, 15) is 0 Å². The highest BCUT2D eigenvalue weighted by molar-refractivity contribution is 9.10. The number of aromatic nitrogens is 3. The van der Waals surface area contributed by atoms with Crippen molar-refractivity contribution in [3.8, 4) is 0 Å². The van der Waals surface area contributed by atoms with Gasteiger partial charge >= 0.3 is 0 Å². The second-order valence-corrected chi connectivity index (χ2v) is 5.19. The Labute approximate surface area is 116 Å². The number of halogens is 1. The largest absolute Gasteiger partial charge is 0.348 e. The molecular formula is C13H19BrN4. The Morgan fingerprint density at radius 1 is 1.44 bits per heavy atom. The van der Waals surface area contributed by atoms with Gasteiger partial charge in [-0.1, -0.05) is 0 Å². The molecule has 0 saturated heterocycles. The van der Waals surface area contributed by atoms with E-state index in [1.54, 1.807) is 0 Å². The monoisotopic (exact) mass is 310 g/mol. The minimum absolute atomic E-state index is 0.694. The molecule has 0 aliphatic carbocycles. The summed E-state index contributed by atoms with van der Waals surface area (Å²) in [6.07, 6.45) is 5.18. The molecule has 0 saturated carbocycles. The van der Waals surface area contributed by atoms with E-state index in [1.165, 1.54) is 11.3 Å². The van der Waals surface area contributed by atoms with E-state index in [0.717, 1.165) is 29.7 Å². The molecule has 0 aliphatic heterocycles. The fourth-order valence-corrected chi connectivity index (χ4v) is 2.51. The summed E-state index contributed by atoms with van der Waals surface area (Å²) in [7, 11) is 0. The Hall–Kier alpha value is -1.07. The zero-order valence-electron chi connectivity index (χ0n) is 10.9. The van der Waals surface area contributed by atoms with Crippen molar-refractivity contribution in [2.45, 2.75) is 33.4 Å². The molecule has 5 heteroatoms. The van der Waals surface area contributed by atoms with Gasteiger partial charge in [0.15, 0.2) is 0 Å². The molecule has 2 aromatic heterocycles. The number of nitrogens with zero attached hydrogens (tertiary/aromatic N) is 3. The lowest BCUT2D eigenvalue weighted by atomic mass is 10.2. The zero-order valence-corrected chi connectivity index (χ0v) is 12.4. The topological polar surface area (TPSA) is 48.8 Å². The van der Waals surface area contributed by atoms with Crippen LogP contribution in [0.1, 0.15) is 23.9 Å². The first kappa shape index (κ1) is 13.4. The normalized spacial score (nSPS) is 11.1. The third-order valence-electron chi connectivity index (χ3n) is 3.03. The molecule has 98 valence electrons. The summed E-state index contributed by atoms with van der Waals surface area (Å²) in [5, 5.41) is 4.50. The van der Waals surface area contributed by atoms with Crippen LogP contribution in [0, 0.1) is 6.92 Å². The van der Waals surface area contributed by atoms with Crippen molar-refractivity contribution in [3.63, 3.8) is 0 Å². The summed E-state index contributed by atoms with van der Waals surface area (Å²) in [6.45, 7) is 6.55. The highest BCUT2D eigenvalue weighted by Gasteiger charge is 2.12. The van der Waals surface area contributed by atoms with Gasteiger partial charge in [0.25, 0.3) is 0 Å². The third kappa shape index (κ3) is 2.67. The van der Waals surface area contributed by atoms with Gasteiger partial charge in [-0.3, -0.25) is 4.68 Å². The minimum Gasteiger partial charge on any atom is -0.348 e. The molecule has 0 bridgehead atoms. The third-order valence-corrected chi connectivity index (χ3v) is 4.06. The molecule has 0 aromatic carbocycles. The lowest BCUT2D eigenvalue weighted by molar-refractivity contribution is 0.596. The van der Waals surface area contributed by atoms with Gasteiger partial charge in [-0.05, 0) is 54.4 Å². The molecule has 2 N–H and O–H groups in total. The Balaban J connectivity index is 2.22. The average Bonchev–Trinajstić information content (AvgIpc) is 2.90. The van der Waals surface area contributed by atoms with Gasteiger partial charge in [0.1, 0.15) is 0 Å². The molecule has 0 aliphatic rings. The Morgan fingerprint density at radius 2 is 2.22 bits per heavy atom. The van der Waals surface area contributed by atoms with Crippen LogP contribution in [0.5, 0.6) is 0 Å². The summed E-state index contributed by atoms with van der Waals surface area (Å²) < 4.78 is 5.33. The highest BCUT2D eigenvalue weighted by atomic mass is 79.9. The summed E-state index contributed by atoms with van der Waals surface area (Å²) in [4.78, 5) is 0. The molecule has 0 atom stereocenters. The first-order chi connectivity index (χ1) is 8.65. The summed E-state index contributed by atoms with van der Waals surface area (Å²) in [5.74, 6) is 0. The lowest BCUT2D eigenvalue weighted by Crippen LogP contribution is -2.07. The van der Waals surface area contributed by atoms with E-state index in [2.05, 4.69) is 51.0 Å². The second kappa shape index (κ2) is 5.71. The van der Waals surface area contributed by atoms with E-state index < -0.39 is 0 Å². The fraction of sp³-hybridized carbons (Fsp3) is 0.462. The van der Waals surface area contributed by atoms with Crippen molar-refractivity contribution in [1.29, 1.82) is 0 Å². The van der Waals surface area contributed by atoms with Crippen LogP contribution >= 0.6 is 15.9 Å². The molecule has 0 spiro atoms. The van der Waals surface area contributed by atoms with Crippen LogP contribution in [-0.2, 0) is 19.5 Å². The fourth-order valence-electron chi connectivity index (χ4n) is 2.10. The minimum atomic E-state index is 0.694. The Bertz CT molecular complexity index is 527. The van der Waals surface area contributed by atoms with Crippen LogP contribution in [0.4, 0.5) is 0 Å². The SMILES string of the molecule is CCn1nc(C)c(Br)c1Cn1ccc(CCN)c1. The molecule has 2 rings (SSSR count). The predicted molar refractivity (Wildman–Crippen MR) is 76.6 cm³/mol. The van der Waals surface area contributed by atoms with Gasteiger partial charge in [-0.2, -0.15) is 5.10 Å².